The number of amides is 1. The van der Waals surface area contributed by atoms with E-state index in [9.17, 15) is 9.90 Å². The molecule has 3 rings (SSSR count). The zero-order valence-corrected chi connectivity index (χ0v) is 17.6. The molecule has 1 heterocycles. The monoisotopic (exact) mass is 455 g/mol. The molecule has 9 heteroatoms. The molecule has 3 aromatic rings. The quantitative estimate of drug-likeness (QED) is 0.485. The zero-order valence-electron chi connectivity index (χ0n) is 14.5. The molecule has 1 amide bonds. The first-order valence-electron chi connectivity index (χ1n) is 8.23. The van der Waals surface area contributed by atoms with Crippen molar-refractivity contribution in [2.45, 2.75) is 18.3 Å². The highest BCUT2D eigenvalue weighted by atomic mass is 35.5. The third kappa shape index (κ3) is 5.65. The van der Waals surface area contributed by atoms with Crippen LogP contribution in [0.25, 0.3) is 0 Å². The van der Waals surface area contributed by atoms with Crippen molar-refractivity contribution in [3.8, 4) is 0 Å². The lowest BCUT2D eigenvalue weighted by Crippen LogP contribution is -2.14. The maximum absolute atomic E-state index is 12.3. The SMILES string of the molecule is O=C(CSc1nc(CO)cn1Cc1ccc(Cl)cc1)Nc1ccc(Cl)c(Cl)c1. The van der Waals surface area contributed by atoms with E-state index in [4.69, 9.17) is 34.8 Å². The van der Waals surface area contributed by atoms with Crippen LogP contribution < -0.4 is 5.32 Å². The average Bonchev–Trinajstić information content (AvgIpc) is 3.07. The largest absolute Gasteiger partial charge is 0.390 e. The second-order valence-electron chi connectivity index (χ2n) is 5.89. The molecule has 28 heavy (non-hydrogen) atoms. The van der Waals surface area contributed by atoms with Crippen LogP contribution in [0.3, 0.4) is 0 Å². The van der Waals surface area contributed by atoms with Crippen LogP contribution in [0, 0.1) is 0 Å². The summed E-state index contributed by atoms with van der Waals surface area (Å²) in [6.07, 6.45) is 1.77. The van der Waals surface area contributed by atoms with E-state index in [1.165, 1.54) is 11.8 Å². The summed E-state index contributed by atoms with van der Waals surface area (Å²) in [5, 5.41) is 14.3. The van der Waals surface area contributed by atoms with Gasteiger partial charge < -0.3 is 15.0 Å². The van der Waals surface area contributed by atoms with Crippen molar-refractivity contribution in [1.82, 2.24) is 9.55 Å². The highest BCUT2D eigenvalue weighted by Crippen LogP contribution is 2.25. The van der Waals surface area contributed by atoms with Crippen LogP contribution in [0.2, 0.25) is 15.1 Å². The normalized spacial score (nSPS) is 10.9. The molecule has 0 radical (unpaired) electrons. The molecule has 0 bridgehead atoms. The fourth-order valence-corrected chi connectivity index (χ4v) is 3.66. The number of imidazole rings is 1. The van der Waals surface area contributed by atoms with Crippen molar-refractivity contribution in [3.63, 3.8) is 0 Å². The topological polar surface area (TPSA) is 67.1 Å². The van der Waals surface area contributed by atoms with Gasteiger partial charge in [0.05, 0.1) is 28.1 Å². The summed E-state index contributed by atoms with van der Waals surface area (Å²) in [5.41, 5.74) is 2.15. The molecule has 146 valence electrons. The van der Waals surface area contributed by atoms with Gasteiger partial charge in [-0.3, -0.25) is 4.79 Å². The molecule has 0 atom stereocenters. The Bertz CT molecular complexity index is 977. The van der Waals surface area contributed by atoms with E-state index in [0.29, 0.717) is 38.2 Å². The fraction of sp³-hybridized carbons (Fsp3) is 0.158. The number of anilines is 1. The van der Waals surface area contributed by atoms with Crippen molar-refractivity contribution in [1.29, 1.82) is 0 Å². The number of nitrogens with zero attached hydrogens (tertiary/aromatic N) is 2. The molecular formula is C19H16Cl3N3O2S. The second kappa shape index (κ2) is 9.67. The highest BCUT2D eigenvalue weighted by Gasteiger charge is 2.12. The first kappa shape index (κ1) is 21.0. The van der Waals surface area contributed by atoms with Crippen LogP contribution in [0.15, 0.2) is 53.8 Å². The minimum absolute atomic E-state index is 0.156. The molecule has 1 aromatic heterocycles. The Morgan fingerprint density at radius 3 is 2.54 bits per heavy atom. The summed E-state index contributed by atoms with van der Waals surface area (Å²) in [7, 11) is 0. The molecule has 0 aliphatic rings. The number of hydrogen-bond donors (Lipinski definition) is 2. The summed E-state index contributed by atoms with van der Waals surface area (Å²) in [6.45, 7) is 0.386. The Kier molecular flexibility index (Phi) is 7.26. The van der Waals surface area contributed by atoms with Gasteiger partial charge in [-0.05, 0) is 35.9 Å². The number of carbonyl (C=O) groups excluding carboxylic acids is 1. The van der Waals surface area contributed by atoms with Gasteiger partial charge >= 0.3 is 0 Å². The van der Waals surface area contributed by atoms with Gasteiger partial charge in [-0.25, -0.2) is 4.98 Å². The number of benzene rings is 2. The van der Waals surface area contributed by atoms with Crippen LogP contribution in [-0.2, 0) is 17.9 Å². The molecule has 0 saturated carbocycles. The number of carbonyl (C=O) groups is 1. The van der Waals surface area contributed by atoms with Crippen molar-refractivity contribution >= 4 is 58.2 Å². The zero-order chi connectivity index (χ0) is 20.1. The number of aliphatic hydroxyl groups excluding tert-OH is 1. The predicted molar refractivity (Wildman–Crippen MR) is 115 cm³/mol. The third-order valence-corrected chi connectivity index (χ3v) is 5.74. The maximum Gasteiger partial charge on any atom is 0.234 e. The van der Waals surface area contributed by atoms with Gasteiger partial charge in [0.15, 0.2) is 5.16 Å². The predicted octanol–water partition coefficient (Wildman–Crippen LogP) is 5.11. The van der Waals surface area contributed by atoms with Crippen molar-refractivity contribution < 1.29 is 9.90 Å². The van der Waals surface area contributed by atoms with Crippen LogP contribution in [0.1, 0.15) is 11.3 Å². The Morgan fingerprint density at radius 2 is 1.86 bits per heavy atom. The van der Waals surface area contributed by atoms with E-state index in [1.807, 2.05) is 28.8 Å². The van der Waals surface area contributed by atoms with Gasteiger partial charge in [0, 0.05) is 23.5 Å². The third-order valence-electron chi connectivity index (χ3n) is 3.75. The molecule has 0 unspecified atom stereocenters. The number of halogens is 3. The van der Waals surface area contributed by atoms with Crippen molar-refractivity contribution in [2.24, 2.45) is 0 Å². The Balaban J connectivity index is 1.65. The number of hydrogen-bond acceptors (Lipinski definition) is 4. The lowest BCUT2D eigenvalue weighted by atomic mass is 10.2. The summed E-state index contributed by atoms with van der Waals surface area (Å²) in [6, 6.07) is 12.4. The van der Waals surface area contributed by atoms with Crippen LogP contribution >= 0.6 is 46.6 Å². The standard InChI is InChI=1S/C19H16Cl3N3O2S/c20-13-3-1-12(2-4-13)8-25-9-15(10-26)24-19(25)28-11-18(27)23-14-5-6-16(21)17(22)7-14/h1-7,9,26H,8,10-11H2,(H,23,27). The van der Waals surface area contributed by atoms with Gasteiger partial charge in [-0.2, -0.15) is 0 Å². The van der Waals surface area contributed by atoms with E-state index >= 15 is 0 Å². The number of nitrogens with one attached hydrogen (secondary N) is 1. The van der Waals surface area contributed by atoms with Crippen LogP contribution in [-0.4, -0.2) is 26.3 Å². The Labute approximate surface area is 181 Å². The molecule has 0 aliphatic carbocycles. The van der Waals surface area contributed by atoms with Gasteiger partial charge in [0.1, 0.15) is 0 Å². The molecule has 5 nitrogen and oxygen atoms in total. The lowest BCUT2D eigenvalue weighted by Gasteiger charge is -2.09. The fourth-order valence-electron chi connectivity index (χ4n) is 2.44. The first-order chi connectivity index (χ1) is 13.4. The van der Waals surface area contributed by atoms with E-state index in [2.05, 4.69) is 10.3 Å². The first-order valence-corrected chi connectivity index (χ1v) is 10.4. The molecule has 2 N–H and O–H groups in total. The number of thioether (sulfide) groups is 1. The summed E-state index contributed by atoms with van der Waals surface area (Å²) < 4.78 is 1.89. The Hall–Kier alpha value is -1.70. The molecule has 0 fully saturated rings. The number of aromatic nitrogens is 2. The second-order valence-corrected chi connectivity index (χ2v) is 8.09. The summed E-state index contributed by atoms with van der Waals surface area (Å²) in [5.74, 6) is -0.0436. The van der Waals surface area contributed by atoms with E-state index in [-0.39, 0.29) is 18.3 Å². The molecule has 0 aliphatic heterocycles. The summed E-state index contributed by atoms with van der Waals surface area (Å²) in [4.78, 5) is 16.6. The van der Waals surface area contributed by atoms with Gasteiger partial charge in [0.25, 0.3) is 0 Å². The van der Waals surface area contributed by atoms with Gasteiger partial charge in [0.2, 0.25) is 5.91 Å². The number of aliphatic hydroxyl groups is 1. The van der Waals surface area contributed by atoms with Gasteiger partial charge in [-0.1, -0.05) is 58.7 Å². The molecule has 0 saturated heterocycles. The lowest BCUT2D eigenvalue weighted by molar-refractivity contribution is -0.113. The van der Waals surface area contributed by atoms with E-state index < -0.39 is 0 Å². The molecule has 2 aromatic carbocycles. The highest BCUT2D eigenvalue weighted by molar-refractivity contribution is 7.99. The average molecular weight is 457 g/mol. The van der Waals surface area contributed by atoms with E-state index in [1.54, 1.807) is 24.4 Å². The molecular weight excluding hydrogens is 441 g/mol. The Morgan fingerprint density at radius 1 is 1.11 bits per heavy atom. The summed E-state index contributed by atoms with van der Waals surface area (Å²) >= 11 is 19.1. The van der Waals surface area contributed by atoms with Gasteiger partial charge in [-0.15, -0.1) is 0 Å². The smallest absolute Gasteiger partial charge is 0.234 e. The van der Waals surface area contributed by atoms with Crippen molar-refractivity contribution in [2.75, 3.05) is 11.1 Å². The van der Waals surface area contributed by atoms with Crippen LogP contribution in [0.4, 0.5) is 5.69 Å². The maximum atomic E-state index is 12.3. The number of rotatable bonds is 7. The van der Waals surface area contributed by atoms with Crippen LogP contribution in [0.5, 0.6) is 0 Å². The minimum Gasteiger partial charge on any atom is -0.390 e. The minimum atomic E-state index is -0.199. The van der Waals surface area contributed by atoms with Crippen molar-refractivity contribution in [3.05, 3.63) is 75.0 Å². The van der Waals surface area contributed by atoms with E-state index in [0.717, 1.165) is 5.56 Å². The molecule has 0 spiro atoms.